The summed E-state index contributed by atoms with van der Waals surface area (Å²) >= 11 is 1.26. The first-order chi connectivity index (χ1) is 27.3. The molecule has 1 aliphatic carbocycles. The molecule has 57 heavy (non-hydrogen) atoms. The fraction of sp³-hybridized carbons (Fsp3) is 0.558. The number of fused-ring (bicyclic) bond motifs is 1. The van der Waals surface area contributed by atoms with Gasteiger partial charge in [0, 0.05) is 37.5 Å². The summed E-state index contributed by atoms with van der Waals surface area (Å²) in [5.41, 5.74) is 2.21. The minimum Gasteiger partial charge on any atom is -0.481 e. The van der Waals surface area contributed by atoms with Crippen LogP contribution in [-0.2, 0) is 36.8 Å². The van der Waals surface area contributed by atoms with Crippen LogP contribution in [0.1, 0.15) is 110 Å². The number of rotatable bonds is 18. The Morgan fingerprint density at radius 1 is 1.11 bits per heavy atom. The molecule has 5 rings (SSSR count). The van der Waals surface area contributed by atoms with Crippen LogP contribution in [0.25, 0.3) is 0 Å². The van der Waals surface area contributed by atoms with Crippen molar-refractivity contribution in [2.45, 2.75) is 115 Å². The van der Waals surface area contributed by atoms with Crippen molar-refractivity contribution in [3.8, 4) is 0 Å². The summed E-state index contributed by atoms with van der Waals surface area (Å²) in [6.45, 7) is 9.22. The molecule has 14 heteroatoms. The summed E-state index contributed by atoms with van der Waals surface area (Å²) in [5.74, 6) is -3.47. The number of nitrogens with zero attached hydrogens (tertiary/aromatic N) is 3. The molecule has 2 aromatic carbocycles. The lowest BCUT2D eigenvalue weighted by atomic mass is 9.80. The van der Waals surface area contributed by atoms with Gasteiger partial charge in [-0.2, -0.15) is 0 Å². The fourth-order valence-electron chi connectivity index (χ4n) is 8.00. The second kappa shape index (κ2) is 20.4. The molecule has 7 atom stereocenters. The van der Waals surface area contributed by atoms with Crippen molar-refractivity contribution in [2.75, 3.05) is 27.5 Å². The van der Waals surface area contributed by atoms with E-state index in [4.69, 9.17) is 14.5 Å². The maximum Gasteiger partial charge on any atom is 0.311 e. The quantitative estimate of drug-likeness (QED) is 0.126. The highest BCUT2D eigenvalue weighted by Crippen LogP contribution is 2.34. The van der Waals surface area contributed by atoms with Gasteiger partial charge < -0.3 is 30.1 Å². The Morgan fingerprint density at radius 2 is 1.86 bits per heavy atom. The molecule has 0 radical (unpaired) electrons. The van der Waals surface area contributed by atoms with E-state index in [-0.39, 0.29) is 54.6 Å². The van der Waals surface area contributed by atoms with Gasteiger partial charge >= 0.3 is 5.97 Å². The van der Waals surface area contributed by atoms with Crippen LogP contribution in [0, 0.1) is 17.7 Å². The number of likely N-dealkylation sites (tertiary alicyclic amines) is 1. The number of piperidine rings is 1. The zero-order valence-electron chi connectivity index (χ0n) is 33.9. The van der Waals surface area contributed by atoms with Crippen LogP contribution in [0.15, 0.2) is 53.9 Å². The number of carboxylic acids is 1. The lowest BCUT2D eigenvalue weighted by molar-refractivity contribution is -0.144. The van der Waals surface area contributed by atoms with Gasteiger partial charge in [0.15, 0.2) is 0 Å². The number of benzene rings is 2. The number of likely N-dealkylation sites (N-methyl/N-ethyl adjacent to an activating group) is 1. The van der Waals surface area contributed by atoms with E-state index < -0.39 is 41.8 Å². The summed E-state index contributed by atoms with van der Waals surface area (Å²) in [7, 11) is 3.48. The predicted molar refractivity (Wildman–Crippen MR) is 216 cm³/mol. The minimum absolute atomic E-state index is 0.0448. The Morgan fingerprint density at radius 3 is 2.53 bits per heavy atom. The first kappa shape index (κ1) is 43.9. The SMILES string of the molecule is CCC(C)C(NC(=O)C1CCCCN1C)C(=O)N(Cc1ccccc1)[C@H](C[C@@H](OCOC)c1nc(C(=O)N[C@H]2Cc3ccc(F)cc3[C@H](C(=O)O)C2)cs1)C(C)C. The largest absolute Gasteiger partial charge is 0.481 e. The smallest absolute Gasteiger partial charge is 0.311 e. The topological polar surface area (TPSA) is 150 Å². The number of carbonyl (C=O) groups is 4. The number of hydrogen-bond donors (Lipinski definition) is 3. The monoisotopic (exact) mass is 807 g/mol. The Hall–Kier alpha value is -4.24. The summed E-state index contributed by atoms with van der Waals surface area (Å²) in [6, 6.07) is 12.0. The van der Waals surface area contributed by atoms with Crippen LogP contribution < -0.4 is 10.6 Å². The second-order valence-corrected chi connectivity index (χ2v) is 16.7. The van der Waals surface area contributed by atoms with Crippen LogP contribution in [-0.4, -0.2) is 95.2 Å². The van der Waals surface area contributed by atoms with Gasteiger partial charge in [-0.05, 0) is 79.9 Å². The zero-order chi connectivity index (χ0) is 41.2. The second-order valence-electron chi connectivity index (χ2n) is 15.8. The Balaban J connectivity index is 1.40. The maximum absolute atomic E-state index is 15.0. The molecule has 1 fully saturated rings. The summed E-state index contributed by atoms with van der Waals surface area (Å²) in [4.78, 5) is 63.1. The van der Waals surface area contributed by atoms with Crippen molar-refractivity contribution in [1.29, 1.82) is 0 Å². The average molecular weight is 808 g/mol. The van der Waals surface area contributed by atoms with E-state index in [0.29, 0.717) is 41.9 Å². The van der Waals surface area contributed by atoms with Crippen molar-refractivity contribution in [3.63, 3.8) is 0 Å². The van der Waals surface area contributed by atoms with Crippen LogP contribution >= 0.6 is 11.3 Å². The third kappa shape index (κ3) is 11.2. The van der Waals surface area contributed by atoms with Crippen LogP contribution in [0.4, 0.5) is 4.39 Å². The molecule has 3 amide bonds. The van der Waals surface area contributed by atoms with E-state index in [1.54, 1.807) is 11.4 Å². The molecule has 0 saturated carbocycles. The molecule has 1 aromatic heterocycles. The summed E-state index contributed by atoms with van der Waals surface area (Å²) in [6.07, 6.45) is 3.59. The van der Waals surface area contributed by atoms with Crippen LogP contribution in [0.5, 0.6) is 0 Å². The Kier molecular flexibility index (Phi) is 15.7. The van der Waals surface area contributed by atoms with Crippen LogP contribution in [0.3, 0.4) is 0 Å². The molecule has 0 bridgehead atoms. The van der Waals surface area contributed by atoms with E-state index in [1.807, 2.05) is 56.1 Å². The predicted octanol–water partition coefficient (Wildman–Crippen LogP) is 6.32. The number of aliphatic carboxylic acids is 1. The highest BCUT2D eigenvalue weighted by atomic mass is 32.1. The number of thiazole rings is 1. The number of methoxy groups -OCH3 is 1. The summed E-state index contributed by atoms with van der Waals surface area (Å²) < 4.78 is 25.6. The van der Waals surface area contributed by atoms with Gasteiger partial charge in [0.05, 0.1) is 12.0 Å². The molecule has 12 nitrogen and oxygen atoms in total. The molecule has 3 unspecified atom stereocenters. The third-order valence-corrected chi connectivity index (χ3v) is 12.4. The van der Waals surface area contributed by atoms with E-state index in [2.05, 4.69) is 29.4 Å². The van der Waals surface area contributed by atoms with Gasteiger partial charge in [0.25, 0.3) is 5.91 Å². The normalized spacial score (nSPS) is 20.5. The molecule has 310 valence electrons. The number of carboxylic acid groups (broad SMARTS) is 1. The van der Waals surface area contributed by atoms with Crippen molar-refractivity contribution < 1.29 is 38.1 Å². The van der Waals surface area contributed by atoms with Crippen molar-refractivity contribution >= 4 is 35.0 Å². The molecule has 1 saturated heterocycles. The Bertz CT molecular complexity index is 1830. The first-order valence-electron chi connectivity index (χ1n) is 20.0. The fourth-order valence-corrected chi connectivity index (χ4v) is 8.86. The summed E-state index contributed by atoms with van der Waals surface area (Å²) in [5, 5.41) is 18.2. The van der Waals surface area contributed by atoms with Gasteiger partial charge in [-0.1, -0.05) is 76.9 Å². The van der Waals surface area contributed by atoms with E-state index in [1.165, 1.54) is 30.6 Å². The molecule has 0 spiro atoms. The van der Waals surface area contributed by atoms with E-state index in [0.717, 1.165) is 31.4 Å². The number of carbonyl (C=O) groups excluding carboxylic acids is 3. The van der Waals surface area contributed by atoms with Crippen molar-refractivity contribution in [3.05, 3.63) is 87.1 Å². The molecule has 3 aromatic rings. The Labute approximate surface area is 339 Å². The standard InChI is InChI=1S/C43H58FN5O7S/c1-7-27(4)38(47-40(51)35-15-11-12-18-48(35)5)42(52)49(23-28-13-9-8-10-14-28)36(26(2)3)22-37(56-25-55-6)41-46-34(24-57-41)39(50)45-31-19-29-16-17-30(44)20-32(29)33(21-31)43(53)54/h8-10,13-14,16-17,20,24,26-27,31,33,35-38H,7,11-12,15,18-19,21-23,25H2,1-6H3,(H,45,50)(H,47,51)(H,53,54)/t27?,31-,33+,35?,36+,37+,38?/m0/s1. The van der Waals surface area contributed by atoms with Gasteiger partial charge in [-0.3, -0.25) is 24.1 Å². The van der Waals surface area contributed by atoms with Gasteiger partial charge in [0.1, 0.15) is 35.5 Å². The number of ether oxygens (including phenoxy) is 2. The van der Waals surface area contributed by atoms with Gasteiger partial charge in [0.2, 0.25) is 11.8 Å². The first-order valence-corrected chi connectivity index (χ1v) is 20.9. The highest BCUT2D eigenvalue weighted by Gasteiger charge is 2.39. The van der Waals surface area contributed by atoms with E-state index >= 15 is 0 Å². The molecule has 1 aliphatic heterocycles. The van der Waals surface area contributed by atoms with Crippen molar-refractivity contribution in [1.82, 2.24) is 25.4 Å². The number of nitrogens with one attached hydrogen (secondary N) is 2. The molecule has 2 aliphatic rings. The van der Waals surface area contributed by atoms with E-state index in [9.17, 15) is 28.7 Å². The zero-order valence-corrected chi connectivity index (χ0v) is 34.7. The molecular formula is C43H58FN5O7S. The minimum atomic E-state index is -1.08. The molecule has 3 N–H and O–H groups in total. The lowest BCUT2D eigenvalue weighted by Gasteiger charge is -2.40. The maximum atomic E-state index is 15.0. The third-order valence-electron chi connectivity index (χ3n) is 11.5. The van der Waals surface area contributed by atoms with Crippen LogP contribution in [0.2, 0.25) is 0 Å². The average Bonchev–Trinajstić information content (AvgIpc) is 3.69. The van der Waals surface area contributed by atoms with Gasteiger partial charge in [-0.15, -0.1) is 11.3 Å². The number of halogens is 1. The number of amides is 3. The lowest BCUT2D eigenvalue weighted by Crippen LogP contribution is -2.58. The molecule has 2 heterocycles. The van der Waals surface area contributed by atoms with Gasteiger partial charge in [-0.25, -0.2) is 9.37 Å². The number of hydrogen-bond acceptors (Lipinski definition) is 9. The number of aromatic nitrogens is 1. The van der Waals surface area contributed by atoms with Crippen molar-refractivity contribution in [2.24, 2.45) is 11.8 Å². The molecular weight excluding hydrogens is 750 g/mol. The highest BCUT2D eigenvalue weighted by molar-refractivity contribution is 7.09.